The Kier molecular flexibility index (Phi) is 6.02. The quantitative estimate of drug-likeness (QED) is 0.714. The monoisotopic (exact) mass is 425 g/mol. The van der Waals surface area contributed by atoms with E-state index in [9.17, 15) is 22.8 Å². The van der Waals surface area contributed by atoms with Gasteiger partial charge in [0.05, 0.1) is 11.3 Å². The van der Waals surface area contributed by atoms with E-state index in [1.54, 1.807) is 29.2 Å². The molecule has 1 atom stereocenters. The molecule has 1 unspecified atom stereocenters. The molecular weight excluding hydrogens is 407 g/mol. The number of halogens is 4. The van der Waals surface area contributed by atoms with Crippen molar-refractivity contribution in [1.82, 2.24) is 0 Å². The average molecular weight is 426 g/mol. The molecule has 0 radical (unpaired) electrons. The van der Waals surface area contributed by atoms with Crippen molar-refractivity contribution >= 4 is 40.5 Å². The van der Waals surface area contributed by atoms with Crippen LogP contribution in [-0.2, 0) is 15.8 Å². The highest BCUT2D eigenvalue weighted by molar-refractivity contribution is 6.30. The minimum Gasteiger partial charge on any atom is -0.374 e. The fourth-order valence-corrected chi connectivity index (χ4v) is 3.27. The topological polar surface area (TPSA) is 61.4 Å². The summed E-state index contributed by atoms with van der Waals surface area (Å²) in [6.07, 6.45) is -3.36. The molecule has 0 saturated carbocycles. The molecule has 1 aliphatic heterocycles. The molecule has 5 nitrogen and oxygen atoms in total. The van der Waals surface area contributed by atoms with Crippen molar-refractivity contribution in [1.29, 1.82) is 0 Å². The molecule has 154 valence electrons. The summed E-state index contributed by atoms with van der Waals surface area (Å²) < 4.78 is 39.6. The first kappa shape index (κ1) is 21.0. The number of nitrogens with one attached hydrogen (secondary N) is 2. The minimum absolute atomic E-state index is 0.0374. The first-order valence-electron chi connectivity index (χ1n) is 9.00. The third-order valence-corrected chi connectivity index (χ3v) is 4.79. The molecule has 1 fully saturated rings. The van der Waals surface area contributed by atoms with Gasteiger partial charge in [0, 0.05) is 29.4 Å². The van der Waals surface area contributed by atoms with Gasteiger partial charge in [0.2, 0.25) is 11.8 Å². The number of carbonyl (C=O) groups excluding carboxylic acids is 2. The number of amides is 2. The summed E-state index contributed by atoms with van der Waals surface area (Å²) >= 11 is 5.66. The van der Waals surface area contributed by atoms with Crippen LogP contribution in [-0.4, -0.2) is 24.4 Å². The summed E-state index contributed by atoms with van der Waals surface area (Å²) in [6.45, 7) is 2.17. The third-order valence-electron chi connectivity index (χ3n) is 4.55. The molecule has 9 heteroatoms. The van der Waals surface area contributed by atoms with Crippen molar-refractivity contribution in [2.24, 2.45) is 0 Å². The van der Waals surface area contributed by atoms with Crippen LogP contribution in [0.2, 0.25) is 5.02 Å². The van der Waals surface area contributed by atoms with E-state index < -0.39 is 23.7 Å². The lowest BCUT2D eigenvalue weighted by Crippen LogP contribution is -2.32. The van der Waals surface area contributed by atoms with Crippen LogP contribution in [0.25, 0.3) is 0 Å². The summed E-state index contributed by atoms with van der Waals surface area (Å²) in [7, 11) is 0. The standard InChI is InChI=1S/C20H19ClF3N3O2/c1-12(19(29)26-17-8-7-13(21)10-16(17)20(22,23)24)25-14-4-2-5-15(11-14)27-9-3-6-18(27)28/h2,4-5,7-8,10-12,25H,3,6,9H2,1H3,(H,26,29). The van der Waals surface area contributed by atoms with E-state index in [-0.39, 0.29) is 16.6 Å². The Labute approximate surface area is 170 Å². The number of anilines is 3. The molecule has 2 amide bonds. The van der Waals surface area contributed by atoms with Gasteiger partial charge in [0.1, 0.15) is 6.04 Å². The van der Waals surface area contributed by atoms with Crippen LogP contribution < -0.4 is 15.5 Å². The number of hydrogen-bond acceptors (Lipinski definition) is 3. The molecule has 29 heavy (non-hydrogen) atoms. The van der Waals surface area contributed by atoms with Gasteiger partial charge in [-0.05, 0) is 49.7 Å². The highest BCUT2D eigenvalue weighted by atomic mass is 35.5. The maximum Gasteiger partial charge on any atom is 0.418 e. The van der Waals surface area contributed by atoms with Crippen LogP contribution in [0.4, 0.5) is 30.2 Å². The van der Waals surface area contributed by atoms with Gasteiger partial charge in [0.25, 0.3) is 0 Å². The Balaban J connectivity index is 1.71. The van der Waals surface area contributed by atoms with E-state index >= 15 is 0 Å². The molecule has 3 rings (SSSR count). The normalized spacial score (nSPS) is 15.3. The van der Waals surface area contributed by atoms with Crippen molar-refractivity contribution in [3.8, 4) is 0 Å². The summed E-state index contributed by atoms with van der Waals surface area (Å²) in [5.41, 5.74) is -0.0868. The van der Waals surface area contributed by atoms with Crippen molar-refractivity contribution in [2.45, 2.75) is 32.0 Å². The van der Waals surface area contributed by atoms with Gasteiger partial charge in [-0.25, -0.2) is 0 Å². The SMILES string of the molecule is CC(Nc1cccc(N2CCCC2=O)c1)C(=O)Nc1ccc(Cl)cc1C(F)(F)F. The predicted molar refractivity (Wildman–Crippen MR) is 106 cm³/mol. The molecule has 0 aliphatic carbocycles. The van der Waals surface area contributed by atoms with E-state index in [0.717, 1.165) is 18.6 Å². The van der Waals surface area contributed by atoms with E-state index in [0.29, 0.717) is 24.3 Å². The average Bonchev–Trinajstić information content (AvgIpc) is 3.08. The largest absolute Gasteiger partial charge is 0.418 e. The number of alkyl halides is 3. The van der Waals surface area contributed by atoms with E-state index in [4.69, 9.17) is 11.6 Å². The lowest BCUT2D eigenvalue weighted by molar-refractivity contribution is -0.137. The van der Waals surface area contributed by atoms with Crippen LogP contribution in [0.5, 0.6) is 0 Å². The number of hydrogen-bond donors (Lipinski definition) is 2. The van der Waals surface area contributed by atoms with E-state index in [1.165, 1.54) is 13.0 Å². The van der Waals surface area contributed by atoms with Crippen molar-refractivity contribution < 1.29 is 22.8 Å². The van der Waals surface area contributed by atoms with Gasteiger partial charge in [-0.3, -0.25) is 9.59 Å². The lowest BCUT2D eigenvalue weighted by Gasteiger charge is -2.20. The van der Waals surface area contributed by atoms with Crippen LogP contribution in [0.3, 0.4) is 0 Å². The summed E-state index contributed by atoms with van der Waals surface area (Å²) in [6, 6.07) is 9.34. The number of nitrogens with zero attached hydrogens (tertiary/aromatic N) is 1. The van der Waals surface area contributed by atoms with Crippen molar-refractivity contribution in [3.05, 3.63) is 53.1 Å². The van der Waals surface area contributed by atoms with Crippen LogP contribution in [0, 0.1) is 0 Å². The molecule has 0 aromatic heterocycles. The van der Waals surface area contributed by atoms with Gasteiger partial charge in [0.15, 0.2) is 0 Å². The summed E-state index contributed by atoms with van der Waals surface area (Å²) in [5.74, 6) is -0.601. The van der Waals surface area contributed by atoms with Gasteiger partial charge >= 0.3 is 6.18 Å². The second-order valence-electron chi connectivity index (χ2n) is 6.74. The Morgan fingerprint density at radius 1 is 1.21 bits per heavy atom. The Hall–Kier alpha value is -2.74. The molecule has 2 N–H and O–H groups in total. The number of benzene rings is 2. The minimum atomic E-state index is -4.65. The third kappa shape index (κ3) is 5.00. The molecule has 2 aromatic rings. The van der Waals surface area contributed by atoms with Crippen LogP contribution in [0.1, 0.15) is 25.3 Å². The molecule has 0 bridgehead atoms. The number of carbonyl (C=O) groups is 2. The molecule has 1 saturated heterocycles. The fraction of sp³-hybridized carbons (Fsp3) is 0.300. The zero-order chi connectivity index (χ0) is 21.2. The van der Waals surface area contributed by atoms with E-state index in [1.807, 2.05) is 0 Å². The van der Waals surface area contributed by atoms with Gasteiger partial charge in [-0.2, -0.15) is 13.2 Å². The molecule has 0 spiro atoms. The van der Waals surface area contributed by atoms with E-state index in [2.05, 4.69) is 10.6 Å². The summed E-state index contributed by atoms with van der Waals surface area (Å²) in [4.78, 5) is 26.0. The Morgan fingerprint density at radius 3 is 2.62 bits per heavy atom. The summed E-state index contributed by atoms with van der Waals surface area (Å²) in [5, 5.41) is 5.18. The molecule has 1 heterocycles. The lowest BCUT2D eigenvalue weighted by atomic mass is 10.1. The smallest absolute Gasteiger partial charge is 0.374 e. The second kappa shape index (κ2) is 8.32. The number of rotatable bonds is 5. The maximum atomic E-state index is 13.2. The predicted octanol–water partition coefficient (Wildman–Crippen LogP) is 4.92. The first-order valence-corrected chi connectivity index (χ1v) is 9.37. The van der Waals surface area contributed by atoms with Gasteiger partial charge in [-0.1, -0.05) is 17.7 Å². The van der Waals surface area contributed by atoms with Gasteiger partial charge in [-0.15, -0.1) is 0 Å². The highest BCUT2D eigenvalue weighted by Crippen LogP contribution is 2.36. The first-order chi connectivity index (χ1) is 13.6. The zero-order valence-electron chi connectivity index (χ0n) is 15.5. The fourth-order valence-electron chi connectivity index (χ4n) is 3.10. The Morgan fingerprint density at radius 2 is 1.97 bits per heavy atom. The van der Waals surface area contributed by atoms with Crippen LogP contribution in [0.15, 0.2) is 42.5 Å². The second-order valence-corrected chi connectivity index (χ2v) is 7.18. The van der Waals surface area contributed by atoms with Gasteiger partial charge < -0.3 is 15.5 Å². The molecule has 1 aliphatic rings. The zero-order valence-corrected chi connectivity index (χ0v) is 16.3. The Bertz CT molecular complexity index is 933. The van der Waals surface area contributed by atoms with Crippen LogP contribution >= 0.6 is 11.6 Å². The van der Waals surface area contributed by atoms with Crippen molar-refractivity contribution in [3.63, 3.8) is 0 Å². The molecule has 2 aromatic carbocycles. The molecular formula is C20H19ClF3N3O2. The highest BCUT2D eigenvalue weighted by Gasteiger charge is 2.34. The van der Waals surface area contributed by atoms with Crippen molar-refractivity contribution in [2.75, 3.05) is 22.1 Å². The maximum absolute atomic E-state index is 13.2.